The van der Waals surface area contributed by atoms with Crippen molar-refractivity contribution in [3.8, 4) is 5.75 Å². The molecule has 0 aliphatic heterocycles. The van der Waals surface area contributed by atoms with Crippen LogP contribution in [0.4, 0.5) is 4.39 Å². The Bertz CT molecular complexity index is 350. The molecule has 0 aliphatic carbocycles. The molecule has 4 heteroatoms. The van der Waals surface area contributed by atoms with Crippen molar-refractivity contribution in [2.24, 2.45) is 0 Å². The fourth-order valence-electron chi connectivity index (χ4n) is 0.957. The predicted molar refractivity (Wildman–Crippen MR) is 50.7 cm³/mol. The lowest BCUT2D eigenvalue weighted by atomic mass is 10.2. The SMILES string of the molecule is O=C(NCC=CF)c1ccccc1O. The van der Waals surface area contributed by atoms with E-state index in [2.05, 4.69) is 5.32 Å². The molecule has 0 fully saturated rings. The summed E-state index contributed by atoms with van der Waals surface area (Å²) >= 11 is 0. The van der Waals surface area contributed by atoms with Crippen molar-refractivity contribution in [1.82, 2.24) is 5.32 Å². The highest BCUT2D eigenvalue weighted by atomic mass is 19.1. The number of phenols is 1. The minimum Gasteiger partial charge on any atom is -0.507 e. The molecule has 1 aromatic rings. The highest BCUT2D eigenvalue weighted by Gasteiger charge is 2.07. The summed E-state index contributed by atoms with van der Waals surface area (Å²) in [5.74, 6) is -0.518. The molecule has 0 unspecified atom stereocenters. The van der Waals surface area contributed by atoms with Crippen LogP contribution in [0, 0.1) is 0 Å². The van der Waals surface area contributed by atoms with Gasteiger partial charge in [0, 0.05) is 6.54 Å². The van der Waals surface area contributed by atoms with Gasteiger partial charge >= 0.3 is 0 Å². The highest BCUT2D eigenvalue weighted by Crippen LogP contribution is 2.14. The second-order valence-electron chi connectivity index (χ2n) is 2.59. The van der Waals surface area contributed by atoms with Crippen molar-refractivity contribution in [2.75, 3.05) is 6.54 Å². The van der Waals surface area contributed by atoms with Crippen LogP contribution in [0.5, 0.6) is 5.75 Å². The molecule has 3 nitrogen and oxygen atoms in total. The largest absolute Gasteiger partial charge is 0.507 e. The number of aromatic hydroxyl groups is 1. The fourth-order valence-corrected chi connectivity index (χ4v) is 0.957. The third kappa shape index (κ3) is 2.58. The van der Waals surface area contributed by atoms with E-state index in [-0.39, 0.29) is 17.9 Å². The molecule has 0 aromatic heterocycles. The maximum absolute atomic E-state index is 11.5. The summed E-state index contributed by atoms with van der Waals surface area (Å²) in [7, 11) is 0. The molecule has 1 amide bonds. The highest BCUT2D eigenvalue weighted by molar-refractivity contribution is 5.96. The number of hydrogen-bond acceptors (Lipinski definition) is 2. The van der Waals surface area contributed by atoms with Gasteiger partial charge in [0.2, 0.25) is 0 Å². The summed E-state index contributed by atoms with van der Waals surface area (Å²) < 4.78 is 11.5. The molecule has 0 radical (unpaired) electrons. The molecule has 14 heavy (non-hydrogen) atoms. The van der Waals surface area contributed by atoms with E-state index in [1.54, 1.807) is 12.1 Å². The summed E-state index contributed by atoms with van der Waals surface area (Å²) in [5, 5.41) is 11.7. The number of carbonyl (C=O) groups excluding carboxylic acids is 1. The number of benzene rings is 1. The first kappa shape index (κ1) is 10.2. The summed E-state index contributed by atoms with van der Waals surface area (Å²) in [5.41, 5.74) is 0.180. The number of hydrogen-bond donors (Lipinski definition) is 2. The molecule has 74 valence electrons. The third-order valence-electron chi connectivity index (χ3n) is 1.62. The Morgan fingerprint density at radius 1 is 1.50 bits per heavy atom. The van der Waals surface area contributed by atoms with Gasteiger partial charge in [-0.15, -0.1) is 0 Å². The van der Waals surface area contributed by atoms with E-state index in [1.165, 1.54) is 12.1 Å². The van der Waals surface area contributed by atoms with Gasteiger partial charge < -0.3 is 10.4 Å². The number of nitrogens with one attached hydrogen (secondary N) is 1. The van der Waals surface area contributed by atoms with E-state index in [1.807, 2.05) is 0 Å². The van der Waals surface area contributed by atoms with Crippen molar-refractivity contribution in [3.05, 3.63) is 42.2 Å². The third-order valence-corrected chi connectivity index (χ3v) is 1.62. The molecule has 0 spiro atoms. The maximum Gasteiger partial charge on any atom is 0.255 e. The van der Waals surface area contributed by atoms with E-state index in [0.29, 0.717) is 6.33 Å². The molecule has 0 saturated heterocycles. The van der Waals surface area contributed by atoms with Gasteiger partial charge in [-0.2, -0.15) is 0 Å². The van der Waals surface area contributed by atoms with E-state index in [4.69, 9.17) is 0 Å². The molecule has 1 rings (SSSR count). The number of halogens is 1. The van der Waals surface area contributed by atoms with Crippen LogP contribution >= 0.6 is 0 Å². The second kappa shape index (κ2) is 5.01. The van der Waals surface area contributed by atoms with Gasteiger partial charge in [-0.25, -0.2) is 4.39 Å². The van der Waals surface area contributed by atoms with Crippen molar-refractivity contribution < 1.29 is 14.3 Å². The molecule has 2 N–H and O–H groups in total. The van der Waals surface area contributed by atoms with Crippen molar-refractivity contribution in [2.45, 2.75) is 0 Å². The van der Waals surface area contributed by atoms with Gasteiger partial charge in [0.15, 0.2) is 0 Å². The first-order chi connectivity index (χ1) is 6.75. The van der Waals surface area contributed by atoms with Gasteiger partial charge in [0.05, 0.1) is 11.9 Å². The van der Waals surface area contributed by atoms with Crippen LogP contribution in [-0.2, 0) is 0 Å². The standard InChI is InChI=1S/C10H10FNO2/c11-6-3-7-12-10(14)8-4-1-2-5-9(8)13/h1-6,13H,7H2,(H,12,14). The Kier molecular flexibility index (Phi) is 3.67. The number of carbonyl (C=O) groups is 1. The van der Waals surface area contributed by atoms with Crippen LogP contribution in [0.2, 0.25) is 0 Å². The van der Waals surface area contributed by atoms with Crippen LogP contribution in [0.3, 0.4) is 0 Å². The zero-order valence-electron chi connectivity index (χ0n) is 7.40. The zero-order valence-corrected chi connectivity index (χ0v) is 7.40. The molecule has 0 atom stereocenters. The lowest BCUT2D eigenvalue weighted by molar-refractivity contribution is 0.0955. The first-order valence-electron chi connectivity index (χ1n) is 4.07. The smallest absolute Gasteiger partial charge is 0.255 e. The second-order valence-corrected chi connectivity index (χ2v) is 2.59. The van der Waals surface area contributed by atoms with Gasteiger partial charge in [-0.3, -0.25) is 4.79 Å². The van der Waals surface area contributed by atoms with Crippen molar-refractivity contribution in [1.29, 1.82) is 0 Å². The van der Waals surface area contributed by atoms with Gasteiger partial charge in [-0.05, 0) is 18.2 Å². The minimum absolute atomic E-state index is 0.0887. The van der Waals surface area contributed by atoms with Gasteiger partial charge in [0.25, 0.3) is 5.91 Å². The average molecular weight is 195 g/mol. The minimum atomic E-state index is -0.429. The molecule has 1 aromatic carbocycles. The Hall–Kier alpha value is -1.84. The Labute approximate surface area is 80.9 Å². The van der Waals surface area contributed by atoms with E-state index in [9.17, 15) is 14.3 Å². The number of rotatable bonds is 3. The Balaban J connectivity index is 2.65. The lowest BCUT2D eigenvalue weighted by Crippen LogP contribution is -2.23. The van der Waals surface area contributed by atoms with Crippen molar-refractivity contribution >= 4 is 5.91 Å². The first-order valence-corrected chi connectivity index (χ1v) is 4.07. The normalized spacial score (nSPS) is 10.4. The van der Waals surface area contributed by atoms with Gasteiger partial charge in [-0.1, -0.05) is 12.1 Å². The van der Waals surface area contributed by atoms with Crippen molar-refractivity contribution in [3.63, 3.8) is 0 Å². The lowest BCUT2D eigenvalue weighted by Gasteiger charge is -2.03. The molecular weight excluding hydrogens is 185 g/mol. The summed E-state index contributed by atoms with van der Waals surface area (Å²) in [6.07, 6.45) is 1.52. The van der Waals surface area contributed by atoms with Gasteiger partial charge in [0.1, 0.15) is 5.75 Å². The Morgan fingerprint density at radius 3 is 2.86 bits per heavy atom. The number of amides is 1. The van der Waals surface area contributed by atoms with E-state index in [0.717, 1.165) is 6.08 Å². The van der Waals surface area contributed by atoms with Crippen LogP contribution in [0.15, 0.2) is 36.7 Å². The molecule has 0 saturated carbocycles. The van der Waals surface area contributed by atoms with Crippen LogP contribution in [-0.4, -0.2) is 17.6 Å². The Morgan fingerprint density at radius 2 is 2.21 bits per heavy atom. The van der Waals surface area contributed by atoms with Crippen LogP contribution in [0.1, 0.15) is 10.4 Å². The monoisotopic (exact) mass is 195 g/mol. The predicted octanol–water partition coefficient (Wildman–Crippen LogP) is 1.61. The quantitative estimate of drug-likeness (QED) is 0.769. The molecular formula is C10H10FNO2. The average Bonchev–Trinajstić information content (AvgIpc) is 2.18. The summed E-state index contributed by atoms with van der Waals surface area (Å²) in [6.45, 7) is 0.101. The molecule has 0 heterocycles. The van der Waals surface area contributed by atoms with Crippen LogP contribution in [0.25, 0.3) is 0 Å². The summed E-state index contributed by atoms with van der Waals surface area (Å²) in [6, 6.07) is 6.16. The zero-order chi connectivity index (χ0) is 10.4. The number of phenolic OH excluding ortho intramolecular Hbond substituents is 1. The fraction of sp³-hybridized carbons (Fsp3) is 0.100. The van der Waals surface area contributed by atoms with E-state index >= 15 is 0 Å². The maximum atomic E-state index is 11.5. The topological polar surface area (TPSA) is 49.3 Å². The summed E-state index contributed by atoms with van der Waals surface area (Å²) in [4.78, 5) is 11.3. The molecule has 0 bridgehead atoms. The number of para-hydroxylation sites is 1. The van der Waals surface area contributed by atoms with E-state index < -0.39 is 5.91 Å². The van der Waals surface area contributed by atoms with Crippen LogP contribution < -0.4 is 5.32 Å². The molecule has 0 aliphatic rings.